The first-order chi connectivity index (χ1) is 11.0. The van der Waals surface area contributed by atoms with Crippen LogP contribution in [0.3, 0.4) is 0 Å². The molecule has 7 heteroatoms. The summed E-state index contributed by atoms with van der Waals surface area (Å²) in [7, 11) is 1.20. The van der Waals surface area contributed by atoms with Crippen LogP contribution in [-0.4, -0.2) is 55.2 Å². The van der Waals surface area contributed by atoms with Crippen LogP contribution in [0.15, 0.2) is 30.3 Å². The Morgan fingerprint density at radius 1 is 1.30 bits per heavy atom. The maximum absolute atomic E-state index is 11.7. The summed E-state index contributed by atoms with van der Waals surface area (Å²) >= 11 is 0. The Morgan fingerprint density at radius 2 is 2.00 bits per heavy atom. The molecule has 1 saturated heterocycles. The van der Waals surface area contributed by atoms with Crippen molar-refractivity contribution in [2.24, 2.45) is 0 Å². The third-order valence-electron chi connectivity index (χ3n) is 3.49. The number of hydrogen-bond donors (Lipinski definition) is 1. The topological polar surface area (TPSA) is 91.3 Å². The van der Waals surface area contributed by atoms with Crippen molar-refractivity contribution in [1.29, 1.82) is 0 Å². The van der Waals surface area contributed by atoms with E-state index < -0.39 is 36.4 Å². The quantitative estimate of drug-likeness (QED) is 0.786. The van der Waals surface area contributed by atoms with Gasteiger partial charge in [0, 0.05) is 6.92 Å². The molecule has 7 nitrogen and oxygen atoms in total. The van der Waals surface area contributed by atoms with Gasteiger partial charge >= 0.3 is 11.9 Å². The van der Waals surface area contributed by atoms with E-state index in [1.807, 2.05) is 30.3 Å². The standard InChI is InChI=1S/C16H20O7/c1-10(17)23-12-9-22-15(16(19)20-2)13(18)14(12)21-8-11-6-4-3-5-7-11/h3-7,12-15,18H,8-9H2,1-2H3/t12?,13-,14-,15?/m0/s1. The highest BCUT2D eigenvalue weighted by Gasteiger charge is 2.45. The van der Waals surface area contributed by atoms with Crippen molar-refractivity contribution >= 4 is 11.9 Å². The van der Waals surface area contributed by atoms with Gasteiger partial charge in [-0.3, -0.25) is 4.79 Å². The maximum atomic E-state index is 11.7. The summed E-state index contributed by atoms with van der Waals surface area (Å²) in [5.74, 6) is -1.22. The zero-order valence-corrected chi connectivity index (χ0v) is 13.0. The molecular formula is C16H20O7. The van der Waals surface area contributed by atoms with Crippen LogP contribution in [0.4, 0.5) is 0 Å². The Bertz CT molecular complexity index is 530. The van der Waals surface area contributed by atoms with Crippen LogP contribution in [0.5, 0.6) is 0 Å². The summed E-state index contributed by atoms with van der Waals surface area (Å²) in [6.45, 7) is 1.40. The first-order valence-corrected chi connectivity index (χ1v) is 7.23. The molecule has 23 heavy (non-hydrogen) atoms. The van der Waals surface area contributed by atoms with Crippen molar-refractivity contribution in [3.05, 3.63) is 35.9 Å². The number of aliphatic hydroxyl groups excluding tert-OH is 1. The molecule has 1 aromatic rings. The molecule has 1 heterocycles. The van der Waals surface area contributed by atoms with E-state index in [1.165, 1.54) is 14.0 Å². The number of methoxy groups -OCH3 is 1. The average molecular weight is 324 g/mol. The zero-order valence-electron chi connectivity index (χ0n) is 13.0. The van der Waals surface area contributed by atoms with Crippen LogP contribution in [-0.2, 0) is 35.1 Å². The number of aliphatic hydroxyl groups is 1. The largest absolute Gasteiger partial charge is 0.467 e. The summed E-state index contributed by atoms with van der Waals surface area (Å²) in [6.07, 6.45) is -4.17. The molecule has 1 aliphatic rings. The zero-order chi connectivity index (χ0) is 16.8. The van der Waals surface area contributed by atoms with Crippen LogP contribution in [0.25, 0.3) is 0 Å². The third-order valence-corrected chi connectivity index (χ3v) is 3.49. The lowest BCUT2D eigenvalue weighted by atomic mass is 9.99. The van der Waals surface area contributed by atoms with Crippen LogP contribution in [0, 0.1) is 0 Å². The van der Waals surface area contributed by atoms with Gasteiger partial charge in [0.25, 0.3) is 0 Å². The number of hydrogen-bond acceptors (Lipinski definition) is 7. The molecule has 0 saturated carbocycles. The molecule has 126 valence electrons. The molecule has 1 fully saturated rings. The number of esters is 2. The van der Waals surface area contributed by atoms with Gasteiger partial charge in [0.1, 0.15) is 12.2 Å². The van der Waals surface area contributed by atoms with Crippen molar-refractivity contribution < 1.29 is 33.6 Å². The fourth-order valence-electron chi connectivity index (χ4n) is 2.39. The highest BCUT2D eigenvalue weighted by Crippen LogP contribution is 2.23. The SMILES string of the molecule is COC(=O)C1OCC(OC(C)=O)[C@H](OCc2ccccc2)[C@@H]1O. The summed E-state index contributed by atoms with van der Waals surface area (Å²) in [6, 6.07) is 9.33. The van der Waals surface area contributed by atoms with Crippen molar-refractivity contribution in [3.8, 4) is 0 Å². The summed E-state index contributed by atoms with van der Waals surface area (Å²) in [5.41, 5.74) is 0.891. The van der Waals surface area contributed by atoms with E-state index in [4.69, 9.17) is 14.2 Å². The molecule has 1 aliphatic heterocycles. The third kappa shape index (κ3) is 4.51. The molecule has 0 aromatic heterocycles. The van der Waals surface area contributed by atoms with E-state index in [0.717, 1.165) is 5.56 Å². The minimum absolute atomic E-state index is 0.0597. The lowest BCUT2D eigenvalue weighted by Gasteiger charge is -2.38. The molecule has 0 amide bonds. The number of carbonyl (C=O) groups is 2. The van der Waals surface area contributed by atoms with Crippen molar-refractivity contribution in [2.45, 2.75) is 37.9 Å². The predicted molar refractivity (Wildman–Crippen MR) is 78.3 cm³/mol. The van der Waals surface area contributed by atoms with Crippen LogP contribution in [0.2, 0.25) is 0 Å². The minimum Gasteiger partial charge on any atom is -0.467 e. The number of ether oxygens (including phenoxy) is 4. The van der Waals surface area contributed by atoms with Gasteiger partial charge in [-0.15, -0.1) is 0 Å². The maximum Gasteiger partial charge on any atom is 0.337 e. The van der Waals surface area contributed by atoms with E-state index in [2.05, 4.69) is 4.74 Å². The van der Waals surface area contributed by atoms with Gasteiger partial charge in [-0.25, -0.2) is 4.79 Å². The highest BCUT2D eigenvalue weighted by atomic mass is 16.6. The Balaban J connectivity index is 2.09. The normalized spacial score (nSPS) is 27.3. The molecule has 4 atom stereocenters. The Kier molecular flexibility index (Phi) is 6.09. The second kappa shape index (κ2) is 8.05. The first kappa shape index (κ1) is 17.4. The van der Waals surface area contributed by atoms with Crippen molar-refractivity contribution in [3.63, 3.8) is 0 Å². The molecule has 0 spiro atoms. The van der Waals surface area contributed by atoms with E-state index in [1.54, 1.807) is 0 Å². The second-order valence-corrected chi connectivity index (χ2v) is 5.18. The number of benzene rings is 1. The molecule has 0 aliphatic carbocycles. The smallest absolute Gasteiger partial charge is 0.337 e. The molecule has 0 bridgehead atoms. The molecule has 1 N–H and O–H groups in total. The monoisotopic (exact) mass is 324 g/mol. The first-order valence-electron chi connectivity index (χ1n) is 7.23. The van der Waals surface area contributed by atoms with E-state index in [-0.39, 0.29) is 13.2 Å². The molecule has 0 radical (unpaired) electrons. The molecule has 1 aromatic carbocycles. The fourth-order valence-corrected chi connectivity index (χ4v) is 2.39. The highest BCUT2D eigenvalue weighted by molar-refractivity contribution is 5.75. The van der Waals surface area contributed by atoms with Crippen molar-refractivity contribution in [2.75, 3.05) is 13.7 Å². The van der Waals surface area contributed by atoms with Crippen LogP contribution < -0.4 is 0 Å². The van der Waals surface area contributed by atoms with Gasteiger partial charge in [0.2, 0.25) is 0 Å². The van der Waals surface area contributed by atoms with E-state index in [9.17, 15) is 14.7 Å². The van der Waals surface area contributed by atoms with Crippen LogP contribution in [0.1, 0.15) is 12.5 Å². The second-order valence-electron chi connectivity index (χ2n) is 5.18. The lowest BCUT2D eigenvalue weighted by Crippen LogP contribution is -2.57. The number of rotatable bonds is 5. The Morgan fingerprint density at radius 3 is 2.61 bits per heavy atom. The van der Waals surface area contributed by atoms with Gasteiger partial charge in [-0.2, -0.15) is 0 Å². The summed E-state index contributed by atoms with van der Waals surface area (Å²) in [4.78, 5) is 22.9. The molecule has 2 rings (SSSR count). The van der Waals surface area contributed by atoms with Gasteiger partial charge in [-0.1, -0.05) is 30.3 Å². The average Bonchev–Trinajstić information content (AvgIpc) is 2.54. The lowest BCUT2D eigenvalue weighted by molar-refractivity contribution is -0.224. The molecular weight excluding hydrogens is 304 g/mol. The Labute approximate surface area is 134 Å². The fraction of sp³-hybridized carbons (Fsp3) is 0.500. The van der Waals surface area contributed by atoms with Crippen LogP contribution >= 0.6 is 0 Å². The predicted octanol–water partition coefficient (Wildman–Crippen LogP) is 0.436. The van der Waals surface area contributed by atoms with Gasteiger partial charge in [0.05, 0.1) is 20.3 Å². The minimum atomic E-state index is -1.30. The van der Waals surface area contributed by atoms with Gasteiger partial charge < -0.3 is 24.1 Å². The van der Waals surface area contributed by atoms with Crippen molar-refractivity contribution in [1.82, 2.24) is 0 Å². The van der Waals surface area contributed by atoms with E-state index in [0.29, 0.717) is 0 Å². The van der Waals surface area contributed by atoms with Gasteiger partial charge in [-0.05, 0) is 5.56 Å². The summed E-state index contributed by atoms with van der Waals surface area (Å²) < 4.78 is 20.7. The van der Waals surface area contributed by atoms with Gasteiger partial charge in [0.15, 0.2) is 12.2 Å². The summed E-state index contributed by atoms with van der Waals surface area (Å²) in [5, 5.41) is 10.3. The number of carbonyl (C=O) groups excluding carboxylic acids is 2. The Hall–Kier alpha value is -1.96. The van der Waals surface area contributed by atoms with E-state index >= 15 is 0 Å². The molecule has 2 unspecified atom stereocenters.